The molecule has 0 aromatic carbocycles. The Hall–Kier alpha value is -1.63. The second kappa shape index (κ2) is 7.40. The summed E-state index contributed by atoms with van der Waals surface area (Å²) < 4.78 is 0. The maximum Gasteiger partial charge on any atom is 0.223 e. The molecule has 0 aromatic rings. The van der Waals surface area contributed by atoms with E-state index >= 15 is 0 Å². The van der Waals surface area contributed by atoms with Crippen molar-refractivity contribution in [1.29, 1.82) is 0 Å². The van der Waals surface area contributed by atoms with Crippen molar-refractivity contribution in [2.45, 2.75) is 19.8 Å². The second-order valence-corrected chi connectivity index (χ2v) is 5.52. The fourth-order valence-electron chi connectivity index (χ4n) is 2.72. The minimum atomic E-state index is 0.0155. The first-order chi connectivity index (χ1) is 10.1. The SMILES string of the molecule is CC(=O)N1CCN(C(=O)CCC(=O)N2CCNCC2)CC1. The highest BCUT2D eigenvalue weighted by molar-refractivity contribution is 5.84. The van der Waals surface area contributed by atoms with Crippen molar-refractivity contribution in [2.24, 2.45) is 0 Å². The van der Waals surface area contributed by atoms with Crippen molar-refractivity contribution in [3.8, 4) is 0 Å². The Morgan fingerprint density at radius 2 is 1.19 bits per heavy atom. The minimum Gasteiger partial charge on any atom is -0.340 e. The molecule has 118 valence electrons. The van der Waals surface area contributed by atoms with Gasteiger partial charge in [-0.1, -0.05) is 0 Å². The van der Waals surface area contributed by atoms with Gasteiger partial charge in [-0.15, -0.1) is 0 Å². The van der Waals surface area contributed by atoms with Crippen LogP contribution in [0.3, 0.4) is 0 Å². The van der Waals surface area contributed by atoms with Crippen molar-refractivity contribution >= 4 is 17.7 Å². The molecule has 0 aromatic heterocycles. The number of nitrogens with one attached hydrogen (secondary N) is 1. The molecule has 0 bridgehead atoms. The highest BCUT2D eigenvalue weighted by atomic mass is 16.2. The fourth-order valence-corrected chi connectivity index (χ4v) is 2.72. The lowest BCUT2D eigenvalue weighted by atomic mass is 10.2. The number of hydrogen-bond acceptors (Lipinski definition) is 4. The van der Waals surface area contributed by atoms with Crippen LogP contribution in [0.25, 0.3) is 0 Å². The summed E-state index contributed by atoms with van der Waals surface area (Å²) in [6.07, 6.45) is 0.550. The van der Waals surface area contributed by atoms with Crippen LogP contribution in [0, 0.1) is 0 Å². The van der Waals surface area contributed by atoms with Gasteiger partial charge in [-0.25, -0.2) is 0 Å². The Bertz CT molecular complexity index is 399. The van der Waals surface area contributed by atoms with Gasteiger partial charge in [0.05, 0.1) is 0 Å². The third-order valence-corrected chi connectivity index (χ3v) is 4.10. The fraction of sp³-hybridized carbons (Fsp3) is 0.786. The van der Waals surface area contributed by atoms with Crippen LogP contribution in [0.1, 0.15) is 19.8 Å². The van der Waals surface area contributed by atoms with E-state index in [9.17, 15) is 14.4 Å². The lowest BCUT2D eigenvalue weighted by molar-refractivity contribution is -0.140. The van der Waals surface area contributed by atoms with E-state index in [0.717, 1.165) is 26.2 Å². The summed E-state index contributed by atoms with van der Waals surface area (Å²) in [5.41, 5.74) is 0. The molecule has 2 aliphatic rings. The summed E-state index contributed by atoms with van der Waals surface area (Å²) in [5, 5.41) is 3.20. The maximum atomic E-state index is 12.1. The van der Waals surface area contributed by atoms with Gasteiger partial charge in [0.15, 0.2) is 0 Å². The van der Waals surface area contributed by atoms with Crippen LogP contribution in [0.4, 0.5) is 0 Å². The zero-order valence-corrected chi connectivity index (χ0v) is 12.6. The van der Waals surface area contributed by atoms with Crippen LogP contribution in [-0.4, -0.2) is 84.8 Å². The van der Waals surface area contributed by atoms with Gasteiger partial charge in [-0.05, 0) is 0 Å². The number of rotatable bonds is 3. The number of amides is 3. The summed E-state index contributed by atoms with van der Waals surface area (Å²) in [7, 11) is 0. The van der Waals surface area contributed by atoms with Crippen LogP contribution in [-0.2, 0) is 14.4 Å². The zero-order chi connectivity index (χ0) is 15.2. The molecule has 3 amide bonds. The topological polar surface area (TPSA) is 73.0 Å². The Labute approximate surface area is 125 Å². The molecule has 0 aliphatic carbocycles. The maximum absolute atomic E-state index is 12.1. The molecule has 2 saturated heterocycles. The molecule has 2 rings (SSSR count). The quantitative estimate of drug-likeness (QED) is 0.717. The summed E-state index contributed by atoms with van der Waals surface area (Å²) in [4.78, 5) is 40.7. The van der Waals surface area contributed by atoms with E-state index in [4.69, 9.17) is 0 Å². The van der Waals surface area contributed by atoms with Crippen LogP contribution in [0.15, 0.2) is 0 Å². The normalized spacial score (nSPS) is 19.6. The molecular formula is C14H24N4O3. The first kappa shape index (κ1) is 15.8. The molecule has 7 nitrogen and oxygen atoms in total. The summed E-state index contributed by atoms with van der Waals surface area (Å²) in [5.74, 6) is 0.130. The molecule has 0 saturated carbocycles. The van der Waals surface area contributed by atoms with Gasteiger partial charge >= 0.3 is 0 Å². The van der Waals surface area contributed by atoms with Gasteiger partial charge in [0.25, 0.3) is 0 Å². The largest absolute Gasteiger partial charge is 0.340 e. The van der Waals surface area contributed by atoms with Crippen LogP contribution >= 0.6 is 0 Å². The van der Waals surface area contributed by atoms with Crippen molar-refractivity contribution in [3.63, 3.8) is 0 Å². The van der Waals surface area contributed by atoms with Gasteiger partial charge in [0.2, 0.25) is 17.7 Å². The van der Waals surface area contributed by atoms with Gasteiger partial charge in [0.1, 0.15) is 0 Å². The lowest BCUT2D eigenvalue weighted by Gasteiger charge is -2.34. The minimum absolute atomic E-state index is 0.0155. The van der Waals surface area contributed by atoms with Gasteiger partial charge < -0.3 is 20.0 Å². The van der Waals surface area contributed by atoms with E-state index in [0.29, 0.717) is 26.2 Å². The van der Waals surface area contributed by atoms with E-state index in [1.807, 2.05) is 4.90 Å². The van der Waals surface area contributed by atoms with E-state index in [2.05, 4.69) is 5.32 Å². The summed E-state index contributed by atoms with van der Waals surface area (Å²) >= 11 is 0. The standard InChI is InChI=1S/C14H24N4O3/c1-12(19)16-8-10-18(11-9-16)14(21)3-2-13(20)17-6-4-15-5-7-17/h15H,2-11H2,1H3. The smallest absolute Gasteiger partial charge is 0.223 e. The first-order valence-corrected chi connectivity index (χ1v) is 7.59. The highest BCUT2D eigenvalue weighted by Gasteiger charge is 2.23. The molecule has 2 fully saturated rings. The molecule has 1 N–H and O–H groups in total. The van der Waals surface area contributed by atoms with Crippen molar-refractivity contribution in [3.05, 3.63) is 0 Å². The Morgan fingerprint density at radius 3 is 1.67 bits per heavy atom. The van der Waals surface area contributed by atoms with E-state index in [-0.39, 0.29) is 30.6 Å². The Kier molecular flexibility index (Phi) is 5.55. The number of carbonyl (C=O) groups is 3. The molecule has 7 heteroatoms. The predicted molar refractivity (Wildman–Crippen MR) is 77.5 cm³/mol. The highest BCUT2D eigenvalue weighted by Crippen LogP contribution is 2.07. The monoisotopic (exact) mass is 296 g/mol. The molecule has 0 atom stereocenters. The molecule has 2 aliphatic heterocycles. The Morgan fingerprint density at radius 1 is 0.762 bits per heavy atom. The molecule has 0 spiro atoms. The van der Waals surface area contributed by atoms with Crippen LogP contribution in [0.2, 0.25) is 0 Å². The summed E-state index contributed by atoms with van der Waals surface area (Å²) in [6, 6.07) is 0. The third kappa shape index (κ3) is 4.42. The lowest BCUT2D eigenvalue weighted by Crippen LogP contribution is -2.50. The first-order valence-electron chi connectivity index (χ1n) is 7.59. The third-order valence-electron chi connectivity index (χ3n) is 4.10. The van der Waals surface area contributed by atoms with E-state index in [1.165, 1.54) is 0 Å². The second-order valence-electron chi connectivity index (χ2n) is 5.52. The molecule has 2 heterocycles. The van der Waals surface area contributed by atoms with Gasteiger partial charge in [-0.2, -0.15) is 0 Å². The predicted octanol–water partition coefficient (Wildman–Crippen LogP) is -1.11. The average Bonchev–Trinajstić information content (AvgIpc) is 2.53. The molecule has 0 unspecified atom stereocenters. The van der Waals surface area contributed by atoms with Crippen molar-refractivity contribution in [2.75, 3.05) is 52.4 Å². The number of piperazine rings is 2. The molecular weight excluding hydrogens is 272 g/mol. The van der Waals surface area contributed by atoms with Crippen molar-refractivity contribution in [1.82, 2.24) is 20.0 Å². The molecule has 0 radical (unpaired) electrons. The van der Waals surface area contributed by atoms with Gasteiger partial charge in [0, 0.05) is 72.1 Å². The number of nitrogens with zero attached hydrogens (tertiary/aromatic N) is 3. The van der Waals surface area contributed by atoms with E-state index in [1.54, 1.807) is 16.7 Å². The van der Waals surface area contributed by atoms with Crippen molar-refractivity contribution < 1.29 is 14.4 Å². The average molecular weight is 296 g/mol. The van der Waals surface area contributed by atoms with Crippen LogP contribution < -0.4 is 5.32 Å². The number of carbonyl (C=O) groups excluding carboxylic acids is 3. The molecule has 21 heavy (non-hydrogen) atoms. The van der Waals surface area contributed by atoms with Gasteiger partial charge in [-0.3, -0.25) is 14.4 Å². The van der Waals surface area contributed by atoms with Crippen LogP contribution in [0.5, 0.6) is 0 Å². The summed E-state index contributed by atoms with van der Waals surface area (Å²) in [6.45, 7) is 6.97. The number of hydrogen-bond donors (Lipinski definition) is 1. The zero-order valence-electron chi connectivity index (χ0n) is 12.6. The van der Waals surface area contributed by atoms with E-state index < -0.39 is 0 Å². The Balaban J connectivity index is 1.70.